The lowest BCUT2D eigenvalue weighted by atomic mass is 9.73. The van der Waals surface area contributed by atoms with Crippen LogP contribution in [0.15, 0.2) is 11.6 Å². The fourth-order valence-corrected chi connectivity index (χ4v) is 5.20. The maximum Gasteiger partial charge on any atom is 0.407 e. The van der Waals surface area contributed by atoms with Crippen molar-refractivity contribution in [2.75, 3.05) is 13.7 Å². The first-order chi connectivity index (χ1) is 13.9. The zero-order valence-corrected chi connectivity index (χ0v) is 17.9. The number of hydrogen-bond donors (Lipinski definition) is 2. The molecule has 6 atom stereocenters. The minimum absolute atomic E-state index is 0.0993. The number of alkyl carbamates (subject to hydrolysis) is 1. The van der Waals surface area contributed by atoms with Gasteiger partial charge in [-0.25, -0.2) is 4.79 Å². The number of carbonyl (C=O) groups excluding carboxylic acids is 1. The zero-order chi connectivity index (χ0) is 20.6. The highest BCUT2D eigenvalue weighted by Gasteiger charge is 2.66. The quantitative estimate of drug-likeness (QED) is 0.518. The van der Waals surface area contributed by atoms with Crippen molar-refractivity contribution in [1.82, 2.24) is 5.32 Å². The lowest BCUT2D eigenvalue weighted by Crippen LogP contribution is -2.53. The molecule has 6 unspecified atom stereocenters. The van der Waals surface area contributed by atoms with Crippen molar-refractivity contribution in [3.05, 3.63) is 11.6 Å². The predicted octanol–water partition coefficient (Wildman–Crippen LogP) is 2.67. The van der Waals surface area contributed by atoms with Gasteiger partial charge in [0.05, 0.1) is 24.4 Å². The monoisotopic (exact) mass is 408 g/mol. The second kappa shape index (κ2) is 8.53. The minimum Gasteiger partial charge on any atom is -0.443 e. The van der Waals surface area contributed by atoms with Crippen LogP contribution in [0.1, 0.15) is 58.8 Å². The van der Waals surface area contributed by atoms with Crippen LogP contribution < -0.4 is 11.1 Å². The van der Waals surface area contributed by atoms with Crippen LogP contribution in [0.2, 0.25) is 0 Å². The maximum atomic E-state index is 12.5. The van der Waals surface area contributed by atoms with Gasteiger partial charge >= 0.3 is 6.09 Å². The molecular formula is C22H36N2O5. The molecule has 7 heteroatoms. The SMILES string of the molecule is COC1C(OC(=O)NC2CCC(N)CC2)CCC2(CO2)C1C1OC1CC=C(C)C. The fourth-order valence-electron chi connectivity index (χ4n) is 5.20. The van der Waals surface area contributed by atoms with E-state index in [1.54, 1.807) is 7.11 Å². The smallest absolute Gasteiger partial charge is 0.407 e. The van der Waals surface area contributed by atoms with E-state index in [-0.39, 0.29) is 54.1 Å². The van der Waals surface area contributed by atoms with Gasteiger partial charge in [-0.3, -0.25) is 0 Å². The van der Waals surface area contributed by atoms with Gasteiger partial charge in [-0.2, -0.15) is 0 Å². The van der Waals surface area contributed by atoms with Crippen LogP contribution in [0.5, 0.6) is 0 Å². The Hall–Kier alpha value is -1.15. The Labute approximate surface area is 173 Å². The summed E-state index contributed by atoms with van der Waals surface area (Å²) in [5.41, 5.74) is 7.09. The van der Waals surface area contributed by atoms with Gasteiger partial charge in [-0.1, -0.05) is 11.6 Å². The number of ether oxygens (including phenoxy) is 4. The summed E-state index contributed by atoms with van der Waals surface area (Å²) in [4.78, 5) is 12.5. The van der Waals surface area contributed by atoms with Crippen LogP contribution in [-0.4, -0.2) is 61.9 Å². The van der Waals surface area contributed by atoms with Crippen molar-refractivity contribution < 1.29 is 23.7 Å². The molecule has 2 aliphatic heterocycles. The molecule has 0 aromatic heterocycles. The Balaban J connectivity index is 1.36. The van der Waals surface area contributed by atoms with E-state index in [0.29, 0.717) is 0 Å². The molecular weight excluding hydrogens is 372 g/mol. The van der Waals surface area contributed by atoms with Gasteiger partial charge < -0.3 is 30.0 Å². The molecule has 0 radical (unpaired) electrons. The number of rotatable bonds is 6. The van der Waals surface area contributed by atoms with Gasteiger partial charge in [0.15, 0.2) is 0 Å². The summed E-state index contributed by atoms with van der Waals surface area (Å²) in [6.07, 6.45) is 7.95. The van der Waals surface area contributed by atoms with Crippen molar-refractivity contribution in [2.45, 2.75) is 101 Å². The van der Waals surface area contributed by atoms with E-state index in [2.05, 4.69) is 25.2 Å². The van der Waals surface area contributed by atoms with Crippen molar-refractivity contribution in [3.63, 3.8) is 0 Å². The predicted molar refractivity (Wildman–Crippen MR) is 109 cm³/mol. The standard InChI is InChI=1S/C22H36N2O5/c1-13(2)4-9-16-20(28-16)18-19(26-3)17(10-11-22(18)12-27-22)29-21(25)24-15-7-5-14(23)6-8-15/h4,14-20H,5-12,23H2,1-3H3,(H,24,25). The number of methoxy groups -OCH3 is 1. The molecule has 0 aromatic carbocycles. The van der Waals surface area contributed by atoms with Crippen molar-refractivity contribution >= 4 is 6.09 Å². The first-order valence-electron chi connectivity index (χ1n) is 11.1. The van der Waals surface area contributed by atoms with E-state index < -0.39 is 0 Å². The second-order valence-electron chi connectivity index (χ2n) is 9.47. The Bertz CT molecular complexity index is 623. The Kier molecular flexibility index (Phi) is 6.21. The average molecular weight is 409 g/mol. The molecule has 2 saturated carbocycles. The first kappa shape index (κ1) is 21.1. The van der Waals surface area contributed by atoms with E-state index in [4.69, 9.17) is 24.7 Å². The molecule has 0 aromatic rings. The number of allylic oxidation sites excluding steroid dienone is 1. The minimum atomic E-state index is -0.346. The highest BCUT2D eigenvalue weighted by atomic mass is 16.6. The molecule has 4 aliphatic rings. The third kappa shape index (κ3) is 4.79. The topological polar surface area (TPSA) is 98.6 Å². The van der Waals surface area contributed by atoms with Crippen LogP contribution in [0.4, 0.5) is 4.79 Å². The van der Waals surface area contributed by atoms with Gasteiger partial charge in [0.25, 0.3) is 0 Å². The third-order valence-corrected chi connectivity index (χ3v) is 7.05. The van der Waals surface area contributed by atoms with Crippen LogP contribution in [0.25, 0.3) is 0 Å². The van der Waals surface area contributed by atoms with E-state index in [0.717, 1.165) is 51.6 Å². The molecule has 2 heterocycles. The van der Waals surface area contributed by atoms with E-state index in [1.807, 2.05) is 0 Å². The lowest BCUT2D eigenvalue weighted by Gasteiger charge is -2.40. The molecule has 29 heavy (non-hydrogen) atoms. The molecule has 164 valence electrons. The summed E-state index contributed by atoms with van der Waals surface area (Å²) in [7, 11) is 1.70. The summed E-state index contributed by atoms with van der Waals surface area (Å²) < 4.78 is 23.7. The molecule has 2 saturated heterocycles. The molecule has 0 bridgehead atoms. The first-order valence-corrected chi connectivity index (χ1v) is 11.1. The summed E-state index contributed by atoms with van der Waals surface area (Å²) in [6.45, 7) is 4.95. The number of amides is 1. The summed E-state index contributed by atoms with van der Waals surface area (Å²) in [5, 5.41) is 3.03. The van der Waals surface area contributed by atoms with Crippen LogP contribution >= 0.6 is 0 Å². The molecule has 7 nitrogen and oxygen atoms in total. The van der Waals surface area contributed by atoms with E-state index in [9.17, 15) is 4.79 Å². The fraction of sp³-hybridized carbons (Fsp3) is 0.864. The zero-order valence-electron chi connectivity index (χ0n) is 17.9. The molecule has 4 rings (SSSR count). The summed E-state index contributed by atoms with van der Waals surface area (Å²) in [6, 6.07) is 0.412. The van der Waals surface area contributed by atoms with E-state index in [1.165, 1.54) is 5.57 Å². The third-order valence-electron chi connectivity index (χ3n) is 7.05. The summed E-state index contributed by atoms with van der Waals surface area (Å²) in [5.74, 6) is 0.0993. The van der Waals surface area contributed by atoms with Crippen LogP contribution in [-0.2, 0) is 18.9 Å². The second-order valence-corrected chi connectivity index (χ2v) is 9.47. The number of epoxide rings is 2. The van der Waals surface area contributed by atoms with Crippen molar-refractivity contribution in [1.29, 1.82) is 0 Å². The maximum absolute atomic E-state index is 12.5. The number of nitrogens with two attached hydrogens (primary N) is 1. The Morgan fingerprint density at radius 2 is 1.97 bits per heavy atom. The average Bonchev–Trinajstić information content (AvgIpc) is 3.60. The van der Waals surface area contributed by atoms with E-state index >= 15 is 0 Å². The van der Waals surface area contributed by atoms with Gasteiger partial charge in [-0.05, 0) is 58.8 Å². The number of hydrogen-bond acceptors (Lipinski definition) is 6. The highest BCUT2D eigenvalue weighted by molar-refractivity contribution is 5.68. The molecule has 3 N–H and O–H groups in total. The van der Waals surface area contributed by atoms with Crippen molar-refractivity contribution in [2.24, 2.45) is 11.7 Å². The van der Waals surface area contributed by atoms with Gasteiger partial charge in [-0.15, -0.1) is 0 Å². The Morgan fingerprint density at radius 1 is 1.24 bits per heavy atom. The lowest BCUT2D eigenvalue weighted by molar-refractivity contribution is -0.106. The molecule has 2 aliphatic carbocycles. The number of nitrogens with one attached hydrogen (secondary N) is 1. The van der Waals surface area contributed by atoms with Gasteiger partial charge in [0.1, 0.15) is 12.2 Å². The largest absolute Gasteiger partial charge is 0.443 e. The van der Waals surface area contributed by atoms with Crippen LogP contribution in [0.3, 0.4) is 0 Å². The highest BCUT2D eigenvalue weighted by Crippen LogP contribution is 2.54. The summed E-state index contributed by atoms with van der Waals surface area (Å²) >= 11 is 0. The molecule has 4 fully saturated rings. The van der Waals surface area contributed by atoms with Gasteiger partial charge in [0, 0.05) is 25.1 Å². The normalized spacial score (nSPS) is 43.5. The van der Waals surface area contributed by atoms with Gasteiger partial charge in [0.2, 0.25) is 0 Å². The van der Waals surface area contributed by atoms with Crippen LogP contribution in [0, 0.1) is 5.92 Å². The van der Waals surface area contributed by atoms with Crippen molar-refractivity contribution in [3.8, 4) is 0 Å². The Morgan fingerprint density at radius 3 is 2.59 bits per heavy atom. The number of carbonyl (C=O) groups is 1. The molecule has 1 spiro atoms. The molecule has 1 amide bonds.